The molecule has 88 valence electrons. The van der Waals surface area contributed by atoms with Gasteiger partial charge in [-0.2, -0.15) is 9.78 Å². The Labute approximate surface area is 98.5 Å². The second-order valence-electron chi connectivity index (χ2n) is 4.13. The normalized spacial score (nSPS) is 10.8. The van der Waals surface area contributed by atoms with Crippen molar-refractivity contribution in [1.82, 2.24) is 9.78 Å². The van der Waals surface area contributed by atoms with Crippen LogP contribution in [0.2, 0.25) is 0 Å². The lowest BCUT2D eigenvalue weighted by atomic mass is 10.1. The Kier molecular flexibility index (Phi) is 3.04. The molecular weight excluding hydrogens is 219 g/mol. The third kappa shape index (κ3) is 2.25. The fraction of sp³-hybridized carbons (Fsp3) is 0.231. The van der Waals surface area contributed by atoms with Gasteiger partial charge in [0.25, 0.3) is 5.56 Å². The van der Waals surface area contributed by atoms with Crippen LogP contribution in [0.4, 0.5) is 4.39 Å². The van der Waals surface area contributed by atoms with Crippen LogP contribution in [-0.2, 0) is 0 Å². The minimum absolute atomic E-state index is 0.136. The van der Waals surface area contributed by atoms with Gasteiger partial charge in [-0.15, -0.1) is 0 Å². The molecule has 0 radical (unpaired) electrons. The number of hydrogen-bond acceptors (Lipinski definition) is 2. The number of halogens is 1. The highest BCUT2D eigenvalue weighted by Gasteiger charge is 2.09. The van der Waals surface area contributed by atoms with Crippen LogP contribution in [0.15, 0.2) is 41.3 Å². The highest BCUT2D eigenvalue weighted by atomic mass is 19.1. The zero-order valence-corrected chi connectivity index (χ0v) is 9.72. The molecule has 1 aromatic heterocycles. The zero-order valence-electron chi connectivity index (χ0n) is 9.72. The van der Waals surface area contributed by atoms with Crippen molar-refractivity contribution in [3.8, 4) is 5.69 Å². The molecule has 2 aromatic rings. The number of nitrogens with zero attached hydrogens (tertiary/aromatic N) is 2. The van der Waals surface area contributed by atoms with E-state index in [0.29, 0.717) is 11.3 Å². The highest BCUT2D eigenvalue weighted by Crippen LogP contribution is 2.10. The van der Waals surface area contributed by atoms with Gasteiger partial charge in [-0.05, 0) is 36.2 Å². The maximum absolute atomic E-state index is 12.8. The van der Waals surface area contributed by atoms with Crippen molar-refractivity contribution < 1.29 is 4.39 Å². The summed E-state index contributed by atoms with van der Waals surface area (Å²) in [6.45, 7) is 3.90. The van der Waals surface area contributed by atoms with Crippen molar-refractivity contribution in [2.45, 2.75) is 19.8 Å². The van der Waals surface area contributed by atoms with Gasteiger partial charge in [-0.1, -0.05) is 13.8 Å². The van der Waals surface area contributed by atoms with E-state index in [1.807, 2.05) is 13.8 Å². The lowest BCUT2D eigenvalue weighted by Gasteiger charge is -2.08. The van der Waals surface area contributed by atoms with Crippen molar-refractivity contribution in [2.75, 3.05) is 0 Å². The summed E-state index contributed by atoms with van der Waals surface area (Å²) in [7, 11) is 0. The van der Waals surface area contributed by atoms with Gasteiger partial charge >= 0.3 is 0 Å². The lowest BCUT2D eigenvalue weighted by molar-refractivity contribution is 0.626. The molecule has 4 heteroatoms. The third-order valence-corrected chi connectivity index (χ3v) is 2.57. The maximum atomic E-state index is 12.8. The lowest BCUT2D eigenvalue weighted by Crippen LogP contribution is -2.24. The largest absolute Gasteiger partial charge is 0.274 e. The van der Waals surface area contributed by atoms with Gasteiger partial charge in [0.1, 0.15) is 5.82 Å². The van der Waals surface area contributed by atoms with E-state index in [0.717, 1.165) is 0 Å². The third-order valence-electron chi connectivity index (χ3n) is 2.57. The van der Waals surface area contributed by atoms with Gasteiger partial charge < -0.3 is 0 Å². The first-order chi connectivity index (χ1) is 8.09. The maximum Gasteiger partial charge on any atom is 0.274 e. The molecule has 0 aliphatic heterocycles. The molecule has 3 nitrogen and oxygen atoms in total. The van der Waals surface area contributed by atoms with Crippen molar-refractivity contribution in [1.29, 1.82) is 0 Å². The van der Waals surface area contributed by atoms with Crippen molar-refractivity contribution in [2.24, 2.45) is 0 Å². The Hall–Kier alpha value is -1.97. The Balaban J connectivity index is 2.57. The first-order valence-corrected chi connectivity index (χ1v) is 5.44. The summed E-state index contributed by atoms with van der Waals surface area (Å²) in [4.78, 5) is 12.1. The summed E-state index contributed by atoms with van der Waals surface area (Å²) in [5.41, 5.74) is 1.11. The van der Waals surface area contributed by atoms with E-state index >= 15 is 0 Å². The van der Waals surface area contributed by atoms with Gasteiger partial charge in [0, 0.05) is 11.8 Å². The first kappa shape index (κ1) is 11.5. The molecule has 1 heterocycles. The van der Waals surface area contributed by atoms with Crippen LogP contribution in [0.5, 0.6) is 0 Å². The van der Waals surface area contributed by atoms with Crippen LogP contribution in [0, 0.1) is 5.82 Å². The SMILES string of the molecule is CC(C)c1ccnn(-c2ccc(F)cc2)c1=O. The topological polar surface area (TPSA) is 34.9 Å². The van der Waals surface area contributed by atoms with E-state index in [2.05, 4.69) is 5.10 Å². The minimum Gasteiger partial charge on any atom is -0.267 e. The summed E-state index contributed by atoms with van der Waals surface area (Å²) >= 11 is 0. The molecule has 0 unspecified atom stereocenters. The molecule has 0 saturated heterocycles. The first-order valence-electron chi connectivity index (χ1n) is 5.44. The number of hydrogen-bond donors (Lipinski definition) is 0. The predicted molar refractivity (Wildman–Crippen MR) is 63.9 cm³/mol. The molecular formula is C13H13FN2O. The molecule has 0 aliphatic rings. The molecule has 2 rings (SSSR count). The molecule has 0 fully saturated rings. The molecule has 0 saturated carbocycles. The van der Waals surface area contributed by atoms with Gasteiger partial charge in [0.05, 0.1) is 5.69 Å². The van der Waals surface area contributed by atoms with Crippen LogP contribution >= 0.6 is 0 Å². The standard InChI is InChI=1S/C13H13FN2O/c1-9(2)12-7-8-15-16(13(12)17)11-5-3-10(14)4-6-11/h3-9H,1-2H3. The van der Waals surface area contributed by atoms with E-state index in [-0.39, 0.29) is 17.3 Å². The fourth-order valence-corrected chi connectivity index (χ4v) is 1.63. The number of aromatic nitrogens is 2. The monoisotopic (exact) mass is 232 g/mol. The molecule has 17 heavy (non-hydrogen) atoms. The second-order valence-corrected chi connectivity index (χ2v) is 4.13. The molecule has 0 bridgehead atoms. The predicted octanol–water partition coefficient (Wildman–Crippen LogP) is 2.50. The van der Waals surface area contributed by atoms with Crippen LogP contribution < -0.4 is 5.56 Å². The number of benzene rings is 1. The smallest absolute Gasteiger partial charge is 0.267 e. The molecule has 0 N–H and O–H groups in total. The second kappa shape index (κ2) is 4.49. The van der Waals surface area contributed by atoms with Crippen LogP contribution in [0.3, 0.4) is 0 Å². The van der Waals surface area contributed by atoms with E-state index in [1.54, 1.807) is 12.3 Å². The summed E-state index contributed by atoms with van der Waals surface area (Å²) < 4.78 is 14.1. The molecule has 1 aromatic carbocycles. The molecule has 0 atom stereocenters. The Morgan fingerprint density at radius 2 is 1.82 bits per heavy atom. The van der Waals surface area contributed by atoms with Gasteiger partial charge in [0.2, 0.25) is 0 Å². The summed E-state index contributed by atoms with van der Waals surface area (Å²) in [6, 6.07) is 7.41. The Bertz CT molecular complexity index is 573. The molecule has 0 spiro atoms. The zero-order chi connectivity index (χ0) is 12.4. The minimum atomic E-state index is -0.332. The van der Waals surface area contributed by atoms with Gasteiger partial charge in [-0.3, -0.25) is 4.79 Å². The van der Waals surface area contributed by atoms with Crippen LogP contribution in [0.1, 0.15) is 25.3 Å². The summed E-state index contributed by atoms with van der Waals surface area (Å²) in [5, 5.41) is 4.00. The average molecular weight is 232 g/mol. The van der Waals surface area contributed by atoms with E-state index in [9.17, 15) is 9.18 Å². The highest BCUT2D eigenvalue weighted by molar-refractivity contribution is 5.31. The van der Waals surface area contributed by atoms with Crippen molar-refractivity contribution in [3.63, 3.8) is 0 Å². The van der Waals surface area contributed by atoms with Crippen LogP contribution in [0.25, 0.3) is 5.69 Å². The Morgan fingerprint density at radius 1 is 1.18 bits per heavy atom. The van der Waals surface area contributed by atoms with E-state index in [4.69, 9.17) is 0 Å². The molecule has 0 aliphatic carbocycles. The summed E-state index contributed by atoms with van der Waals surface area (Å²) in [6.07, 6.45) is 1.58. The van der Waals surface area contributed by atoms with Crippen molar-refractivity contribution >= 4 is 0 Å². The van der Waals surface area contributed by atoms with Gasteiger partial charge in [0.15, 0.2) is 0 Å². The quantitative estimate of drug-likeness (QED) is 0.797. The fourth-order valence-electron chi connectivity index (χ4n) is 1.63. The summed E-state index contributed by atoms with van der Waals surface area (Å²) in [5.74, 6) is -0.195. The van der Waals surface area contributed by atoms with E-state index < -0.39 is 0 Å². The number of rotatable bonds is 2. The van der Waals surface area contributed by atoms with Gasteiger partial charge in [-0.25, -0.2) is 4.39 Å². The van der Waals surface area contributed by atoms with E-state index in [1.165, 1.54) is 28.9 Å². The van der Waals surface area contributed by atoms with Crippen LogP contribution in [-0.4, -0.2) is 9.78 Å². The average Bonchev–Trinajstić information content (AvgIpc) is 2.30. The van der Waals surface area contributed by atoms with Crippen molar-refractivity contribution in [3.05, 3.63) is 58.3 Å². The molecule has 0 amide bonds. The Morgan fingerprint density at radius 3 is 2.41 bits per heavy atom.